The number of carbonyl (C=O) groups is 4. The van der Waals surface area contributed by atoms with Crippen LogP contribution in [-0.4, -0.2) is 47.5 Å². The highest BCUT2D eigenvalue weighted by atomic mass is 16.2. The zero-order chi connectivity index (χ0) is 13.2. The molecule has 4 amide bonds. The van der Waals surface area contributed by atoms with Gasteiger partial charge < -0.3 is 0 Å². The summed E-state index contributed by atoms with van der Waals surface area (Å²) in [6.45, 7) is 1.77. The minimum absolute atomic E-state index is 0.0556. The zero-order valence-corrected chi connectivity index (χ0v) is 9.97. The number of likely N-dealkylation sites (N-methyl/N-ethyl adjacent to an activating group) is 1. The van der Waals surface area contributed by atoms with E-state index in [2.05, 4.69) is 0 Å². The molecule has 0 aromatic rings. The Morgan fingerprint density at radius 1 is 1.00 bits per heavy atom. The van der Waals surface area contributed by atoms with E-state index in [9.17, 15) is 19.2 Å². The van der Waals surface area contributed by atoms with E-state index in [1.807, 2.05) is 0 Å². The fourth-order valence-electron chi connectivity index (χ4n) is 1.41. The van der Waals surface area contributed by atoms with Gasteiger partial charge in [0.1, 0.15) is 0 Å². The average Bonchev–Trinajstić information content (AvgIpc) is 2.69. The lowest BCUT2D eigenvalue weighted by atomic mass is 10.1. The quantitative estimate of drug-likeness (QED) is 0.536. The predicted molar refractivity (Wildman–Crippen MR) is 58.5 cm³/mol. The molecule has 0 aliphatic carbocycles. The fraction of sp³-hybridized carbons (Fsp3) is 0.455. The van der Waals surface area contributed by atoms with Gasteiger partial charge in [-0.3, -0.25) is 29.0 Å². The second-order valence-corrected chi connectivity index (χ2v) is 3.96. The van der Waals surface area contributed by atoms with E-state index < -0.39 is 0 Å². The Kier molecular flexibility index (Phi) is 3.77. The first-order valence-corrected chi connectivity index (χ1v) is 5.14. The Morgan fingerprint density at radius 3 is 1.59 bits per heavy atom. The molecule has 0 radical (unpaired) electrons. The molecule has 2 rings (SSSR count). The van der Waals surface area contributed by atoms with Crippen molar-refractivity contribution in [2.45, 2.75) is 13.3 Å². The molecule has 0 aromatic heterocycles. The minimum atomic E-state index is -0.241. The predicted octanol–water partition coefficient (Wildman–Crippen LogP) is -0.448. The Morgan fingerprint density at radius 2 is 1.47 bits per heavy atom. The van der Waals surface area contributed by atoms with Gasteiger partial charge in [0.05, 0.1) is 0 Å². The van der Waals surface area contributed by atoms with Crippen molar-refractivity contribution in [1.29, 1.82) is 0 Å². The molecule has 1 atom stereocenters. The summed E-state index contributed by atoms with van der Waals surface area (Å²) >= 11 is 0. The molecule has 1 saturated heterocycles. The van der Waals surface area contributed by atoms with Gasteiger partial charge in [0.25, 0.3) is 11.8 Å². The molecular formula is C11H14N2O4. The number of imide groups is 2. The van der Waals surface area contributed by atoms with Crippen LogP contribution in [0, 0.1) is 5.92 Å². The van der Waals surface area contributed by atoms with Crippen LogP contribution in [0.1, 0.15) is 13.3 Å². The van der Waals surface area contributed by atoms with Crippen LogP contribution in [0.5, 0.6) is 0 Å². The number of rotatable bonds is 0. The van der Waals surface area contributed by atoms with Crippen LogP contribution in [0.25, 0.3) is 0 Å². The molecule has 6 heteroatoms. The maximum atomic E-state index is 10.8. The Labute approximate surface area is 98.9 Å². The van der Waals surface area contributed by atoms with Crippen LogP contribution < -0.4 is 0 Å². The number of nitrogens with zero attached hydrogens (tertiary/aromatic N) is 2. The van der Waals surface area contributed by atoms with Gasteiger partial charge in [-0.1, -0.05) is 6.92 Å². The van der Waals surface area contributed by atoms with E-state index >= 15 is 0 Å². The van der Waals surface area contributed by atoms with Crippen molar-refractivity contribution in [3.63, 3.8) is 0 Å². The molecule has 6 nitrogen and oxygen atoms in total. The van der Waals surface area contributed by atoms with Crippen LogP contribution >= 0.6 is 0 Å². The molecule has 1 fully saturated rings. The number of hydrogen-bond donors (Lipinski definition) is 0. The van der Waals surface area contributed by atoms with E-state index in [-0.39, 0.29) is 29.5 Å². The lowest BCUT2D eigenvalue weighted by Crippen LogP contribution is -2.24. The first kappa shape index (κ1) is 13.1. The number of hydrogen-bond acceptors (Lipinski definition) is 4. The summed E-state index contributed by atoms with van der Waals surface area (Å²) in [5.41, 5.74) is 0. The molecule has 2 heterocycles. The van der Waals surface area contributed by atoms with Gasteiger partial charge in [0.15, 0.2) is 0 Å². The molecule has 0 spiro atoms. The van der Waals surface area contributed by atoms with Crippen molar-refractivity contribution in [1.82, 2.24) is 9.80 Å². The molecule has 92 valence electrons. The molecule has 2 aliphatic heterocycles. The monoisotopic (exact) mass is 238 g/mol. The summed E-state index contributed by atoms with van der Waals surface area (Å²) in [4.78, 5) is 44.6. The fourth-order valence-corrected chi connectivity index (χ4v) is 1.41. The van der Waals surface area contributed by atoms with E-state index in [0.29, 0.717) is 6.42 Å². The summed E-state index contributed by atoms with van der Waals surface area (Å²) in [5, 5.41) is 0. The standard InChI is InChI=1S/C6H9NO2.C5H5NO2/c1-4-3-5(8)7(2)6(4)9;1-6-4(7)2-3-5(6)8/h4H,3H2,1-2H3;2-3H,1H3. The topological polar surface area (TPSA) is 74.8 Å². The highest BCUT2D eigenvalue weighted by molar-refractivity contribution is 6.12. The first-order valence-electron chi connectivity index (χ1n) is 5.14. The lowest BCUT2D eigenvalue weighted by Gasteiger charge is -2.03. The summed E-state index contributed by atoms with van der Waals surface area (Å²) < 4.78 is 0. The van der Waals surface area contributed by atoms with Crippen molar-refractivity contribution in [2.24, 2.45) is 5.92 Å². The zero-order valence-electron chi connectivity index (χ0n) is 9.97. The summed E-state index contributed by atoms with van der Waals surface area (Å²) in [7, 11) is 2.97. The second-order valence-electron chi connectivity index (χ2n) is 3.96. The summed E-state index contributed by atoms with van der Waals surface area (Å²) in [6.07, 6.45) is 2.89. The SMILES string of the molecule is CC1CC(=O)N(C)C1=O.CN1C(=O)C=CC1=O. The van der Waals surface area contributed by atoms with Crippen molar-refractivity contribution >= 4 is 23.6 Å². The van der Waals surface area contributed by atoms with Gasteiger partial charge in [-0.25, -0.2) is 0 Å². The highest BCUT2D eigenvalue weighted by Crippen LogP contribution is 2.15. The molecule has 0 saturated carbocycles. The van der Waals surface area contributed by atoms with Crippen LogP contribution in [0.3, 0.4) is 0 Å². The van der Waals surface area contributed by atoms with Crippen LogP contribution in [0.15, 0.2) is 12.2 Å². The Hall–Kier alpha value is -1.98. The molecule has 0 N–H and O–H groups in total. The molecule has 0 aromatic carbocycles. The third kappa shape index (κ3) is 2.77. The maximum Gasteiger partial charge on any atom is 0.253 e. The third-order valence-corrected chi connectivity index (χ3v) is 2.64. The molecule has 1 unspecified atom stereocenters. The van der Waals surface area contributed by atoms with E-state index in [4.69, 9.17) is 0 Å². The summed E-state index contributed by atoms with van der Waals surface area (Å²) in [6, 6.07) is 0. The number of carbonyl (C=O) groups excluding carboxylic acids is 4. The normalized spacial score (nSPS) is 23.4. The summed E-state index contributed by atoms with van der Waals surface area (Å²) in [5.74, 6) is -0.694. The van der Waals surface area contributed by atoms with Gasteiger partial charge in [0, 0.05) is 38.6 Å². The minimum Gasteiger partial charge on any atom is -0.286 e. The van der Waals surface area contributed by atoms with Crippen LogP contribution in [0.2, 0.25) is 0 Å². The van der Waals surface area contributed by atoms with E-state index in [1.54, 1.807) is 6.92 Å². The van der Waals surface area contributed by atoms with Gasteiger partial charge in [-0.15, -0.1) is 0 Å². The maximum absolute atomic E-state index is 10.8. The van der Waals surface area contributed by atoms with Crippen molar-refractivity contribution < 1.29 is 19.2 Å². The van der Waals surface area contributed by atoms with Gasteiger partial charge in [-0.05, 0) is 0 Å². The number of likely N-dealkylation sites (tertiary alicyclic amines) is 1. The Balaban J connectivity index is 0.000000171. The Bertz CT molecular complexity index is 396. The molecule has 0 bridgehead atoms. The van der Waals surface area contributed by atoms with Crippen LogP contribution in [0.4, 0.5) is 0 Å². The van der Waals surface area contributed by atoms with E-state index in [0.717, 1.165) is 4.90 Å². The molecular weight excluding hydrogens is 224 g/mol. The average molecular weight is 238 g/mol. The second kappa shape index (κ2) is 4.90. The third-order valence-electron chi connectivity index (χ3n) is 2.64. The van der Waals surface area contributed by atoms with Gasteiger partial charge in [-0.2, -0.15) is 0 Å². The largest absolute Gasteiger partial charge is 0.286 e. The molecule has 2 aliphatic rings. The number of amides is 4. The lowest BCUT2D eigenvalue weighted by molar-refractivity contribution is -0.138. The van der Waals surface area contributed by atoms with Crippen molar-refractivity contribution in [2.75, 3.05) is 14.1 Å². The smallest absolute Gasteiger partial charge is 0.253 e. The molecule has 17 heavy (non-hydrogen) atoms. The first-order chi connectivity index (χ1) is 7.84. The highest BCUT2D eigenvalue weighted by Gasteiger charge is 2.32. The van der Waals surface area contributed by atoms with Crippen LogP contribution in [-0.2, 0) is 19.2 Å². The van der Waals surface area contributed by atoms with E-state index in [1.165, 1.54) is 31.1 Å². The van der Waals surface area contributed by atoms with Crippen molar-refractivity contribution in [3.05, 3.63) is 12.2 Å². The van der Waals surface area contributed by atoms with Gasteiger partial charge >= 0.3 is 0 Å². The van der Waals surface area contributed by atoms with Crippen molar-refractivity contribution in [3.8, 4) is 0 Å². The van der Waals surface area contributed by atoms with Gasteiger partial charge in [0.2, 0.25) is 11.8 Å².